The van der Waals surface area contributed by atoms with Gasteiger partial charge in [-0.2, -0.15) is 0 Å². The lowest BCUT2D eigenvalue weighted by Gasteiger charge is -2.36. The van der Waals surface area contributed by atoms with Crippen LogP contribution in [0.3, 0.4) is 0 Å². The lowest BCUT2D eigenvalue weighted by atomic mass is 10.2. The first kappa shape index (κ1) is 17.5. The molecule has 0 radical (unpaired) electrons. The Balaban J connectivity index is 1.60. The number of rotatable bonds is 6. The molecule has 1 saturated heterocycles. The number of hydrogen-bond acceptors (Lipinski definition) is 6. The maximum absolute atomic E-state index is 5.72. The van der Waals surface area contributed by atoms with E-state index in [1.807, 2.05) is 50.4 Å². The molecule has 0 bridgehead atoms. The molecule has 0 aromatic carbocycles. The largest absolute Gasteiger partial charge is 0.490 e. The third-order valence-electron chi connectivity index (χ3n) is 4.40. The summed E-state index contributed by atoms with van der Waals surface area (Å²) in [5.41, 5.74) is 1.31. The van der Waals surface area contributed by atoms with E-state index in [4.69, 9.17) is 4.74 Å². The topological polar surface area (TPSA) is 44.7 Å². The summed E-state index contributed by atoms with van der Waals surface area (Å²) in [4.78, 5) is 15.8. The van der Waals surface area contributed by atoms with Crippen LogP contribution in [0.4, 0.5) is 11.6 Å². The van der Waals surface area contributed by atoms with Crippen LogP contribution in [0.5, 0.6) is 5.75 Å². The fraction of sp³-hybridized carbons (Fsp3) is 0.474. The highest BCUT2D eigenvalue weighted by atomic mass is 16.5. The van der Waals surface area contributed by atoms with Crippen molar-refractivity contribution < 1.29 is 4.74 Å². The first-order chi connectivity index (χ1) is 12.2. The zero-order valence-electron chi connectivity index (χ0n) is 15.4. The summed E-state index contributed by atoms with van der Waals surface area (Å²) in [5, 5.41) is 0. The van der Waals surface area contributed by atoms with E-state index in [1.165, 1.54) is 5.56 Å². The number of nitrogens with zero attached hydrogens (tertiary/aromatic N) is 5. The van der Waals surface area contributed by atoms with E-state index in [0.29, 0.717) is 6.61 Å². The van der Waals surface area contributed by atoms with E-state index < -0.39 is 0 Å². The molecule has 0 unspecified atom stereocenters. The Hall–Kier alpha value is -2.34. The molecule has 1 aliphatic rings. The van der Waals surface area contributed by atoms with Crippen LogP contribution in [0.1, 0.15) is 12.5 Å². The highest BCUT2D eigenvalue weighted by molar-refractivity contribution is 5.52. The third-order valence-corrected chi connectivity index (χ3v) is 4.40. The van der Waals surface area contributed by atoms with Crippen molar-refractivity contribution in [1.82, 2.24) is 14.9 Å². The van der Waals surface area contributed by atoms with Crippen molar-refractivity contribution in [3.63, 3.8) is 0 Å². The Kier molecular flexibility index (Phi) is 5.71. The predicted octanol–water partition coefficient (Wildman–Crippen LogP) is 2.26. The SMILES string of the molecule is CCOc1cccnc1N1CCN(Cc2ccnc(N(C)C)c2)CC1. The second-order valence-corrected chi connectivity index (χ2v) is 6.44. The van der Waals surface area contributed by atoms with E-state index in [1.54, 1.807) is 0 Å². The molecule has 0 aliphatic carbocycles. The monoisotopic (exact) mass is 341 g/mol. The van der Waals surface area contributed by atoms with Crippen LogP contribution >= 0.6 is 0 Å². The minimum absolute atomic E-state index is 0.662. The summed E-state index contributed by atoms with van der Waals surface area (Å²) >= 11 is 0. The molecule has 0 atom stereocenters. The Morgan fingerprint density at radius 2 is 1.88 bits per heavy atom. The minimum Gasteiger partial charge on any atom is -0.490 e. The molecule has 0 N–H and O–H groups in total. The van der Waals surface area contributed by atoms with Gasteiger partial charge in [-0.3, -0.25) is 4.90 Å². The fourth-order valence-electron chi connectivity index (χ4n) is 3.07. The molecule has 3 heterocycles. The van der Waals surface area contributed by atoms with Gasteiger partial charge in [-0.1, -0.05) is 0 Å². The Morgan fingerprint density at radius 3 is 2.60 bits per heavy atom. The van der Waals surface area contributed by atoms with Crippen molar-refractivity contribution in [2.75, 3.05) is 56.7 Å². The van der Waals surface area contributed by atoms with Crippen molar-refractivity contribution in [1.29, 1.82) is 0 Å². The molecule has 6 heteroatoms. The molecule has 1 fully saturated rings. The summed E-state index contributed by atoms with van der Waals surface area (Å²) in [6.07, 6.45) is 3.73. The second-order valence-electron chi connectivity index (χ2n) is 6.44. The number of pyridine rings is 2. The zero-order chi connectivity index (χ0) is 17.6. The van der Waals surface area contributed by atoms with Crippen molar-refractivity contribution >= 4 is 11.6 Å². The predicted molar refractivity (Wildman–Crippen MR) is 101 cm³/mol. The summed E-state index contributed by atoms with van der Waals surface area (Å²) in [6.45, 7) is 7.58. The minimum atomic E-state index is 0.662. The van der Waals surface area contributed by atoms with E-state index in [2.05, 4.69) is 31.9 Å². The first-order valence-corrected chi connectivity index (χ1v) is 8.84. The Labute approximate surface area is 150 Å². The quantitative estimate of drug-likeness (QED) is 0.803. The van der Waals surface area contributed by atoms with E-state index in [-0.39, 0.29) is 0 Å². The first-order valence-electron chi connectivity index (χ1n) is 8.84. The Morgan fingerprint density at radius 1 is 1.08 bits per heavy atom. The van der Waals surface area contributed by atoms with E-state index in [9.17, 15) is 0 Å². The van der Waals surface area contributed by atoms with Gasteiger partial charge < -0.3 is 14.5 Å². The summed E-state index contributed by atoms with van der Waals surface area (Å²) in [7, 11) is 4.04. The molecule has 0 saturated carbocycles. The Bertz CT molecular complexity index is 683. The zero-order valence-corrected chi connectivity index (χ0v) is 15.4. The molecular formula is C19H27N5O. The number of piperazine rings is 1. The van der Waals surface area contributed by atoms with Crippen LogP contribution in [0.2, 0.25) is 0 Å². The smallest absolute Gasteiger partial charge is 0.171 e. The summed E-state index contributed by atoms with van der Waals surface area (Å²) in [5.74, 6) is 2.84. The van der Waals surface area contributed by atoms with Crippen molar-refractivity contribution in [2.24, 2.45) is 0 Å². The van der Waals surface area contributed by atoms with Crippen LogP contribution < -0.4 is 14.5 Å². The average Bonchev–Trinajstić information content (AvgIpc) is 2.63. The maximum Gasteiger partial charge on any atom is 0.171 e. The molecule has 3 rings (SSSR count). The molecule has 0 amide bonds. The fourth-order valence-corrected chi connectivity index (χ4v) is 3.07. The van der Waals surface area contributed by atoms with Gasteiger partial charge in [0, 0.05) is 59.2 Å². The molecule has 6 nitrogen and oxygen atoms in total. The number of anilines is 2. The van der Waals surface area contributed by atoms with E-state index >= 15 is 0 Å². The van der Waals surface area contributed by atoms with Crippen LogP contribution in [-0.4, -0.2) is 61.7 Å². The van der Waals surface area contributed by atoms with Crippen LogP contribution in [0.15, 0.2) is 36.7 Å². The van der Waals surface area contributed by atoms with Crippen LogP contribution in [-0.2, 0) is 6.54 Å². The van der Waals surface area contributed by atoms with Gasteiger partial charge in [0.25, 0.3) is 0 Å². The van der Waals surface area contributed by atoms with Gasteiger partial charge in [0.15, 0.2) is 11.6 Å². The molecular weight excluding hydrogens is 314 g/mol. The number of aromatic nitrogens is 2. The van der Waals surface area contributed by atoms with Gasteiger partial charge >= 0.3 is 0 Å². The molecule has 0 spiro atoms. The average molecular weight is 341 g/mol. The molecule has 2 aromatic rings. The molecule has 25 heavy (non-hydrogen) atoms. The van der Waals surface area contributed by atoms with Gasteiger partial charge in [0.1, 0.15) is 5.82 Å². The lowest BCUT2D eigenvalue weighted by Crippen LogP contribution is -2.46. The van der Waals surface area contributed by atoms with Crippen molar-refractivity contribution in [2.45, 2.75) is 13.5 Å². The maximum atomic E-state index is 5.72. The summed E-state index contributed by atoms with van der Waals surface area (Å²) in [6, 6.07) is 8.19. The normalized spacial score (nSPS) is 15.2. The molecule has 1 aliphatic heterocycles. The standard InChI is InChI=1S/C19H27N5O/c1-4-25-17-6-5-8-21-19(17)24-12-10-23(11-13-24)15-16-7-9-20-18(14-16)22(2)3/h5-9,14H,4,10-13,15H2,1-3H3. The number of ether oxygens (including phenoxy) is 1. The van der Waals surface area contributed by atoms with Crippen molar-refractivity contribution in [3.8, 4) is 5.75 Å². The molecule has 2 aromatic heterocycles. The number of hydrogen-bond donors (Lipinski definition) is 0. The van der Waals surface area contributed by atoms with Gasteiger partial charge in [-0.25, -0.2) is 9.97 Å². The highest BCUT2D eigenvalue weighted by Crippen LogP contribution is 2.26. The lowest BCUT2D eigenvalue weighted by molar-refractivity contribution is 0.248. The summed E-state index contributed by atoms with van der Waals surface area (Å²) < 4.78 is 5.72. The molecule has 134 valence electrons. The third kappa shape index (κ3) is 4.39. The highest BCUT2D eigenvalue weighted by Gasteiger charge is 2.20. The van der Waals surface area contributed by atoms with Gasteiger partial charge in [-0.05, 0) is 36.8 Å². The van der Waals surface area contributed by atoms with Gasteiger partial charge in [-0.15, -0.1) is 0 Å². The van der Waals surface area contributed by atoms with E-state index in [0.717, 1.165) is 50.1 Å². The van der Waals surface area contributed by atoms with Gasteiger partial charge in [0.05, 0.1) is 6.61 Å². The van der Waals surface area contributed by atoms with Crippen molar-refractivity contribution in [3.05, 3.63) is 42.2 Å². The van der Waals surface area contributed by atoms with Crippen LogP contribution in [0.25, 0.3) is 0 Å². The van der Waals surface area contributed by atoms with Gasteiger partial charge in [0.2, 0.25) is 0 Å². The second kappa shape index (κ2) is 8.16. The van der Waals surface area contributed by atoms with Crippen LogP contribution in [0, 0.1) is 0 Å².